The zero-order valence-corrected chi connectivity index (χ0v) is 21.3. The molecule has 198 valence electrons. The van der Waals surface area contributed by atoms with E-state index in [0.29, 0.717) is 27.0 Å². The average Bonchev–Trinajstić information content (AvgIpc) is 2.84. The normalized spacial score (nSPS) is 11.4. The van der Waals surface area contributed by atoms with Crippen molar-refractivity contribution in [2.45, 2.75) is 46.1 Å². The van der Waals surface area contributed by atoms with Crippen LogP contribution in [0.3, 0.4) is 0 Å². The maximum absolute atomic E-state index is 14.0. The SMILES string of the molecule is CCC(=O)OC(C)C(c1ccc(C)c(F)c1)c1ccc(C)c(F)c1.COc1cc[n+](O)c(C(N)=O)c1O. The number of amides is 1. The number of nitrogens with zero attached hydrogens (tertiary/aromatic N) is 1. The number of hydrogen-bond donors (Lipinski definition) is 3. The number of carbonyl (C=O) groups is 2. The molecule has 0 saturated carbocycles. The Hall–Kier alpha value is -4.21. The first-order valence-electron chi connectivity index (χ1n) is 11.4. The van der Waals surface area contributed by atoms with Gasteiger partial charge in [-0.05, 0) is 55.2 Å². The van der Waals surface area contributed by atoms with E-state index in [1.54, 1.807) is 52.0 Å². The second-order valence-corrected chi connectivity index (χ2v) is 8.33. The van der Waals surface area contributed by atoms with E-state index in [-0.39, 0.29) is 29.8 Å². The highest BCUT2D eigenvalue weighted by molar-refractivity contribution is 5.92. The lowest BCUT2D eigenvalue weighted by Gasteiger charge is -2.25. The first-order valence-corrected chi connectivity index (χ1v) is 11.4. The van der Waals surface area contributed by atoms with E-state index >= 15 is 0 Å². The number of carbonyl (C=O) groups excluding carboxylic acids is 2. The fraction of sp³-hybridized carbons (Fsp3) is 0.296. The van der Waals surface area contributed by atoms with E-state index in [2.05, 4.69) is 0 Å². The summed E-state index contributed by atoms with van der Waals surface area (Å²) in [4.78, 5) is 22.4. The van der Waals surface area contributed by atoms with Gasteiger partial charge in [0.05, 0.1) is 13.2 Å². The number of aromatic hydroxyl groups is 1. The third-order valence-corrected chi connectivity index (χ3v) is 5.69. The van der Waals surface area contributed by atoms with Gasteiger partial charge in [-0.2, -0.15) is 0 Å². The molecular formula is C27H31F2N2O6+. The molecule has 4 N–H and O–H groups in total. The van der Waals surface area contributed by atoms with Crippen molar-refractivity contribution >= 4 is 11.9 Å². The van der Waals surface area contributed by atoms with E-state index in [1.807, 2.05) is 0 Å². The Kier molecular flexibility index (Phi) is 9.93. The molecule has 10 heteroatoms. The van der Waals surface area contributed by atoms with Gasteiger partial charge in [0.2, 0.25) is 11.9 Å². The minimum atomic E-state index is -0.945. The lowest BCUT2D eigenvalue weighted by atomic mass is 9.86. The molecule has 1 heterocycles. The highest BCUT2D eigenvalue weighted by Crippen LogP contribution is 2.32. The van der Waals surface area contributed by atoms with Crippen molar-refractivity contribution < 1.29 is 42.9 Å². The summed E-state index contributed by atoms with van der Waals surface area (Å²) >= 11 is 0. The molecule has 1 unspecified atom stereocenters. The van der Waals surface area contributed by atoms with Gasteiger partial charge in [-0.1, -0.05) is 31.2 Å². The van der Waals surface area contributed by atoms with Crippen LogP contribution >= 0.6 is 0 Å². The average molecular weight is 518 g/mol. The number of ether oxygens (including phenoxy) is 2. The van der Waals surface area contributed by atoms with Crippen molar-refractivity contribution in [3.05, 3.63) is 88.2 Å². The topological polar surface area (TPSA) is 123 Å². The maximum Gasteiger partial charge on any atom is 0.366 e. The van der Waals surface area contributed by atoms with Crippen molar-refractivity contribution in [2.75, 3.05) is 7.11 Å². The summed E-state index contributed by atoms with van der Waals surface area (Å²) in [7, 11) is 1.32. The van der Waals surface area contributed by atoms with Gasteiger partial charge in [0, 0.05) is 17.1 Å². The number of halogens is 2. The van der Waals surface area contributed by atoms with Gasteiger partial charge >= 0.3 is 17.6 Å². The van der Waals surface area contributed by atoms with Crippen molar-refractivity contribution in [3.8, 4) is 11.5 Å². The van der Waals surface area contributed by atoms with Crippen molar-refractivity contribution in [1.29, 1.82) is 0 Å². The van der Waals surface area contributed by atoms with Crippen LogP contribution in [0.1, 0.15) is 58.9 Å². The third-order valence-electron chi connectivity index (χ3n) is 5.69. The van der Waals surface area contributed by atoms with Crippen LogP contribution in [0.2, 0.25) is 0 Å². The molecule has 0 saturated heterocycles. The number of benzene rings is 2. The molecule has 3 rings (SSSR count). The van der Waals surface area contributed by atoms with Gasteiger partial charge in [0.25, 0.3) is 0 Å². The minimum absolute atomic E-state index is 0.0686. The molecule has 1 aromatic heterocycles. The second kappa shape index (κ2) is 12.7. The number of aryl methyl sites for hydroxylation is 2. The quantitative estimate of drug-likeness (QED) is 0.247. The Labute approximate surface area is 213 Å². The summed E-state index contributed by atoms with van der Waals surface area (Å²) in [5.41, 5.74) is 6.85. The fourth-order valence-electron chi connectivity index (χ4n) is 3.61. The summed E-state index contributed by atoms with van der Waals surface area (Å²) in [5.74, 6) is -2.81. The Morgan fingerprint density at radius 3 is 1.95 bits per heavy atom. The Bertz CT molecular complexity index is 1230. The van der Waals surface area contributed by atoms with Crippen molar-refractivity contribution in [2.24, 2.45) is 5.73 Å². The highest BCUT2D eigenvalue weighted by Gasteiger charge is 2.27. The van der Waals surface area contributed by atoms with Crippen LogP contribution in [0.15, 0.2) is 48.7 Å². The largest absolute Gasteiger partial charge is 0.499 e. The molecule has 0 aliphatic heterocycles. The Morgan fingerprint density at radius 2 is 1.54 bits per heavy atom. The molecule has 2 aromatic carbocycles. The first-order chi connectivity index (χ1) is 17.4. The predicted octanol–water partition coefficient (Wildman–Crippen LogP) is 4.08. The molecule has 0 fully saturated rings. The molecule has 8 nitrogen and oxygen atoms in total. The standard InChI is InChI=1S/C20H22F2O2.C7H8N2O4/c1-5-19(23)24-14(4)20(15-8-6-12(2)17(21)10-15)16-9-7-13(3)18(22)11-16;1-13-4-2-3-9(12)5(6(4)10)7(8)11/h6-11,14,20H,5H2,1-4H3;2-3H,1H3,(H3-,8,10,11,12)/p+1. The molecule has 37 heavy (non-hydrogen) atoms. The van der Waals surface area contributed by atoms with Gasteiger partial charge in [-0.25, -0.2) is 8.78 Å². The van der Waals surface area contributed by atoms with E-state index < -0.39 is 29.4 Å². The van der Waals surface area contributed by atoms with Crippen molar-refractivity contribution in [1.82, 2.24) is 0 Å². The smallest absolute Gasteiger partial charge is 0.366 e. The van der Waals surface area contributed by atoms with E-state index in [9.17, 15) is 23.5 Å². The number of primary amides is 1. The second-order valence-electron chi connectivity index (χ2n) is 8.33. The van der Waals surface area contributed by atoms with Gasteiger partial charge in [0.15, 0.2) is 5.75 Å². The van der Waals surface area contributed by atoms with Crippen LogP contribution in [0.4, 0.5) is 8.78 Å². The van der Waals surface area contributed by atoms with Crippen LogP contribution < -0.4 is 15.2 Å². The van der Waals surface area contributed by atoms with E-state index in [1.165, 1.54) is 25.3 Å². The van der Waals surface area contributed by atoms with Gasteiger partial charge in [-0.15, -0.1) is 0 Å². The number of aromatic nitrogens is 1. The van der Waals surface area contributed by atoms with Crippen molar-refractivity contribution in [3.63, 3.8) is 0 Å². The number of nitrogens with two attached hydrogens (primary N) is 1. The molecule has 0 aliphatic rings. The molecule has 0 radical (unpaired) electrons. The summed E-state index contributed by atoms with van der Waals surface area (Å²) < 4.78 is 38.6. The zero-order valence-electron chi connectivity index (χ0n) is 21.3. The Morgan fingerprint density at radius 1 is 1.03 bits per heavy atom. The molecule has 0 aliphatic carbocycles. The van der Waals surface area contributed by atoms with Crippen LogP contribution in [0.25, 0.3) is 0 Å². The predicted molar refractivity (Wildman–Crippen MR) is 131 cm³/mol. The van der Waals surface area contributed by atoms with Crippen LogP contribution in [0.5, 0.6) is 11.5 Å². The monoisotopic (exact) mass is 517 g/mol. The van der Waals surface area contributed by atoms with E-state index in [4.69, 9.17) is 20.4 Å². The molecule has 1 amide bonds. The lowest BCUT2D eigenvalue weighted by molar-refractivity contribution is -0.906. The summed E-state index contributed by atoms with van der Waals surface area (Å²) in [6, 6.07) is 11.1. The Balaban J connectivity index is 0.000000312. The highest BCUT2D eigenvalue weighted by atomic mass is 19.1. The molecule has 0 spiro atoms. The number of esters is 1. The van der Waals surface area contributed by atoms with Gasteiger partial charge < -0.3 is 20.3 Å². The molecule has 0 bridgehead atoms. The van der Waals surface area contributed by atoms with Gasteiger partial charge in [0.1, 0.15) is 17.7 Å². The van der Waals surface area contributed by atoms with Crippen LogP contribution in [-0.2, 0) is 9.53 Å². The summed E-state index contributed by atoms with van der Waals surface area (Å²) in [6.45, 7) is 6.81. The molecular weight excluding hydrogens is 486 g/mol. The first kappa shape index (κ1) is 29.0. The lowest BCUT2D eigenvalue weighted by Crippen LogP contribution is -2.39. The van der Waals surface area contributed by atoms with E-state index in [0.717, 1.165) is 6.20 Å². The third kappa shape index (κ3) is 7.16. The van der Waals surface area contributed by atoms with Gasteiger partial charge in [-0.3, -0.25) is 14.8 Å². The summed E-state index contributed by atoms with van der Waals surface area (Å²) in [6.07, 6.45) is 0.849. The molecule has 3 aromatic rings. The number of rotatable bonds is 7. The zero-order chi connectivity index (χ0) is 27.9. The fourth-order valence-corrected chi connectivity index (χ4v) is 3.61. The molecule has 1 atom stereocenters. The number of hydrogen-bond acceptors (Lipinski definition) is 6. The number of methoxy groups -OCH3 is 1. The summed E-state index contributed by atoms with van der Waals surface area (Å²) in [5, 5.41) is 18.4. The maximum atomic E-state index is 14.0. The number of pyridine rings is 1. The van der Waals surface area contributed by atoms with Crippen LogP contribution in [-0.4, -0.2) is 35.4 Å². The van der Waals surface area contributed by atoms with Crippen LogP contribution in [0, 0.1) is 25.5 Å². The minimum Gasteiger partial charge on any atom is -0.499 e.